The minimum Gasteiger partial charge on any atom is -0.450 e. The number of nitro benzene ring substituents is 2. The van der Waals surface area contributed by atoms with Gasteiger partial charge in [0, 0.05) is 11.1 Å². The number of hydrogen-bond donors (Lipinski definition) is 0. The van der Waals surface area contributed by atoms with Gasteiger partial charge in [-0.25, -0.2) is 0 Å². The number of rotatable bonds is 6. The number of hydrogen-bond acceptors (Lipinski definition) is 8. The third-order valence-corrected chi connectivity index (χ3v) is 6.17. The van der Waals surface area contributed by atoms with Gasteiger partial charge in [0.25, 0.3) is 11.6 Å². The lowest BCUT2D eigenvalue weighted by atomic mass is 10.2. The minimum absolute atomic E-state index is 0.151. The van der Waals surface area contributed by atoms with E-state index in [-0.39, 0.29) is 17.4 Å². The van der Waals surface area contributed by atoms with Crippen LogP contribution in [-0.4, -0.2) is 20.1 Å². The van der Waals surface area contributed by atoms with E-state index in [1.165, 1.54) is 11.0 Å². The molecular weight excluding hydrogens is 502 g/mol. The molecule has 9 nitrogen and oxygen atoms in total. The topological polar surface area (TPSA) is 116 Å². The van der Waals surface area contributed by atoms with Crippen molar-refractivity contribution in [3.05, 3.63) is 102 Å². The van der Waals surface area contributed by atoms with Crippen LogP contribution in [0.2, 0.25) is 5.02 Å². The van der Waals surface area contributed by atoms with Gasteiger partial charge in [0.2, 0.25) is 5.75 Å². The average Bonchev–Trinajstić information content (AvgIpc) is 3.07. The molecule has 1 saturated heterocycles. The fraction of sp³-hybridized carbons (Fsp3) is 0. The first-order valence-electron chi connectivity index (χ1n) is 9.47. The highest BCUT2D eigenvalue weighted by Crippen LogP contribution is 2.38. The van der Waals surface area contributed by atoms with Gasteiger partial charge >= 0.3 is 5.69 Å². The molecule has 0 aromatic heterocycles. The monoisotopic (exact) mass is 513 g/mol. The summed E-state index contributed by atoms with van der Waals surface area (Å²) in [6.45, 7) is 0. The summed E-state index contributed by atoms with van der Waals surface area (Å²) in [6.07, 6.45) is 1.63. The lowest BCUT2D eigenvalue weighted by molar-refractivity contribution is -0.394. The minimum atomic E-state index is -0.756. The first-order valence-corrected chi connectivity index (χ1v) is 11.1. The second-order valence-electron chi connectivity index (χ2n) is 6.83. The molecule has 0 spiro atoms. The van der Waals surface area contributed by atoms with Crippen molar-refractivity contribution in [1.29, 1.82) is 0 Å². The molecule has 0 aliphatic carbocycles. The maximum Gasteiger partial charge on any atom is 0.318 e. The number of carbonyl (C=O) groups excluding carboxylic acids is 1. The van der Waals surface area contributed by atoms with Crippen LogP contribution in [0.25, 0.3) is 6.08 Å². The highest BCUT2D eigenvalue weighted by molar-refractivity contribution is 8.27. The number of thioether (sulfide) groups is 1. The second-order valence-corrected chi connectivity index (χ2v) is 8.95. The number of nitro groups is 2. The molecule has 4 rings (SSSR count). The number of amides is 1. The first-order chi connectivity index (χ1) is 16.2. The van der Waals surface area contributed by atoms with Gasteiger partial charge in [0.15, 0.2) is 4.32 Å². The number of benzene rings is 3. The smallest absolute Gasteiger partial charge is 0.318 e. The van der Waals surface area contributed by atoms with Crippen LogP contribution in [0.3, 0.4) is 0 Å². The third-order valence-electron chi connectivity index (χ3n) is 4.61. The van der Waals surface area contributed by atoms with E-state index in [9.17, 15) is 25.0 Å². The molecule has 34 heavy (non-hydrogen) atoms. The van der Waals surface area contributed by atoms with Crippen LogP contribution in [-0.2, 0) is 4.79 Å². The number of halogens is 1. The molecule has 3 aromatic rings. The van der Waals surface area contributed by atoms with Crippen LogP contribution < -0.4 is 9.64 Å². The molecule has 1 heterocycles. The van der Waals surface area contributed by atoms with E-state index in [1.54, 1.807) is 54.6 Å². The van der Waals surface area contributed by atoms with Gasteiger partial charge < -0.3 is 4.74 Å². The summed E-state index contributed by atoms with van der Waals surface area (Å²) < 4.78 is 5.99. The number of carbonyl (C=O) groups is 1. The van der Waals surface area contributed by atoms with Crippen LogP contribution in [0.1, 0.15) is 5.56 Å². The summed E-state index contributed by atoms with van der Waals surface area (Å²) in [5.74, 6) is -0.199. The number of non-ortho nitro benzene ring substituents is 1. The summed E-state index contributed by atoms with van der Waals surface area (Å²) >= 11 is 12.4. The van der Waals surface area contributed by atoms with Crippen molar-refractivity contribution < 1.29 is 19.4 Å². The molecule has 1 fully saturated rings. The summed E-state index contributed by atoms with van der Waals surface area (Å²) in [5.41, 5.74) is 0.232. The Morgan fingerprint density at radius 1 is 1.00 bits per heavy atom. The van der Waals surface area contributed by atoms with Crippen molar-refractivity contribution in [2.24, 2.45) is 0 Å². The quantitative estimate of drug-likeness (QED) is 0.162. The van der Waals surface area contributed by atoms with Gasteiger partial charge in [0.1, 0.15) is 5.75 Å². The molecule has 0 unspecified atom stereocenters. The van der Waals surface area contributed by atoms with Crippen molar-refractivity contribution in [2.45, 2.75) is 0 Å². The summed E-state index contributed by atoms with van der Waals surface area (Å²) in [7, 11) is 0. The Hall–Kier alpha value is -3.80. The second kappa shape index (κ2) is 9.59. The lowest BCUT2D eigenvalue weighted by Crippen LogP contribution is -2.27. The maximum atomic E-state index is 12.9. The Bertz CT molecular complexity index is 1380. The zero-order chi connectivity index (χ0) is 24.4. The molecule has 0 atom stereocenters. The van der Waals surface area contributed by atoms with Gasteiger partial charge in [-0.15, -0.1) is 0 Å². The Morgan fingerprint density at radius 2 is 1.74 bits per heavy atom. The SMILES string of the molecule is O=C1/C(=C/c2cccc(Oc3ccc([N+](=O)[O-])cc3[N+](=O)[O-])c2)SC(=S)N1c1ccc(Cl)cc1. The Kier molecular flexibility index (Phi) is 6.59. The van der Waals surface area contributed by atoms with E-state index in [1.807, 2.05) is 0 Å². The average molecular weight is 514 g/mol. The van der Waals surface area contributed by atoms with Gasteiger partial charge in [-0.3, -0.25) is 29.9 Å². The molecule has 0 radical (unpaired) electrons. The predicted octanol–water partition coefficient (Wildman–Crippen LogP) is 6.35. The van der Waals surface area contributed by atoms with E-state index in [4.69, 9.17) is 28.6 Å². The number of anilines is 1. The molecule has 1 aliphatic heterocycles. The molecular formula is C22H12ClN3O6S2. The zero-order valence-corrected chi connectivity index (χ0v) is 19.3. The number of nitrogens with zero attached hydrogens (tertiary/aromatic N) is 3. The fourth-order valence-corrected chi connectivity index (χ4v) is 4.50. The maximum absolute atomic E-state index is 12.9. The van der Waals surface area contributed by atoms with Crippen molar-refractivity contribution in [3.63, 3.8) is 0 Å². The number of ether oxygens (including phenoxy) is 1. The van der Waals surface area contributed by atoms with E-state index in [2.05, 4.69) is 0 Å². The predicted molar refractivity (Wildman–Crippen MR) is 133 cm³/mol. The highest BCUT2D eigenvalue weighted by atomic mass is 35.5. The van der Waals surface area contributed by atoms with Crippen LogP contribution in [0.15, 0.2) is 71.6 Å². The number of thiocarbonyl (C=S) groups is 1. The molecule has 170 valence electrons. The van der Waals surface area contributed by atoms with Crippen LogP contribution >= 0.6 is 35.6 Å². The molecule has 0 bridgehead atoms. The Morgan fingerprint density at radius 3 is 2.41 bits per heavy atom. The van der Waals surface area contributed by atoms with Gasteiger partial charge in [-0.05, 0) is 54.1 Å². The largest absolute Gasteiger partial charge is 0.450 e. The summed E-state index contributed by atoms with van der Waals surface area (Å²) in [5, 5.41) is 22.8. The highest BCUT2D eigenvalue weighted by Gasteiger charge is 2.33. The first kappa shape index (κ1) is 23.4. The summed E-state index contributed by atoms with van der Waals surface area (Å²) in [6, 6.07) is 16.4. The molecule has 0 saturated carbocycles. The Balaban J connectivity index is 1.59. The standard InChI is InChI=1S/C22H12ClN3O6S2/c23-14-4-6-15(7-5-14)24-21(27)20(34-22(24)33)11-13-2-1-3-17(10-13)32-19-9-8-16(25(28)29)12-18(19)26(30)31/h1-12H/b20-11-. The molecule has 0 N–H and O–H groups in total. The van der Waals surface area contributed by atoms with Gasteiger partial charge in [0.05, 0.1) is 26.5 Å². The fourth-order valence-electron chi connectivity index (χ4n) is 3.07. The van der Waals surface area contributed by atoms with Crippen molar-refractivity contribution >= 4 is 68.9 Å². The third kappa shape index (κ3) is 4.91. The van der Waals surface area contributed by atoms with Crippen LogP contribution in [0.4, 0.5) is 17.1 Å². The van der Waals surface area contributed by atoms with E-state index in [0.717, 1.165) is 23.9 Å². The van der Waals surface area contributed by atoms with E-state index < -0.39 is 21.2 Å². The molecule has 1 amide bonds. The van der Waals surface area contributed by atoms with Crippen LogP contribution in [0.5, 0.6) is 11.5 Å². The van der Waals surface area contributed by atoms with Crippen molar-refractivity contribution in [2.75, 3.05) is 4.90 Å². The molecule has 1 aliphatic rings. The summed E-state index contributed by atoms with van der Waals surface area (Å²) in [4.78, 5) is 35.5. The van der Waals surface area contributed by atoms with Crippen LogP contribution in [0, 0.1) is 20.2 Å². The molecule has 12 heteroatoms. The van der Waals surface area contributed by atoms with Gasteiger partial charge in [-0.1, -0.05) is 47.7 Å². The Labute approximate surface area is 206 Å². The lowest BCUT2D eigenvalue weighted by Gasteiger charge is -2.14. The van der Waals surface area contributed by atoms with E-state index >= 15 is 0 Å². The van der Waals surface area contributed by atoms with Gasteiger partial charge in [-0.2, -0.15) is 0 Å². The zero-order valence-electron chi connectivity index (χ0n) is 16.9. The normalized spacial score (nSPS) is 14.5. The van der Waals surface area contributed by atoms with E-state index in [0.29, 0.717) is 25.5 Å². The molecule has 3 aromatic carbocycles. The van der Waals surface area contributed by atoms with Crippen molar-refractivity contribution in [1.82, 2.24) is 0 Å². The van der Waals surface area contributed by atoms with Crippen molar-refractivity contribution in [3.8, 4) is 11.5 Å².